The van der Waals surface area contributed by atoms with Gasteiger partial charge in [0.2, 0.25) is 0 Å². The highest BCUT2D eigenvalue weighted by Gasteiger charge is 2.22. The Hall–Kier alpha value is -2.38. The van der Waals surface area contributed by atoms with Crippen molar-refractivity contribution in [3.8, 4) is 11.5 Å². The van der Waals surface area contributed by atoms with Gasteiger partial charge in [-0.2, -0.15) is 0 Å². The molecule has 0 spiro atoms. The third-order valence-electron chi connectivity index (χ3n) is 5.35. The summed E-state index contributed by atoms with van der Waals surface area (Å²) in [6.45, 7) is 7.60. The maximum absolute atomic E-state index is 14.2. The van der Waals surface area contributed by atoms with Crippen LogP contribution < -0.4 is 14.8 Å². The van der Waals surface area contributed by atoms with E-state index in [4.69, 9.17) is 26.4 Å². The van der Waals surface area contributed by atoms with Crippen molar-refractivity contribution in [3.63, 3.8) is 0 Å². The van der Waals surface area contributed by atoms with Crippen LogP contribution in [0, 0.1) is 5.82 Å². The van der Waals surface area contributed by atoms with E-state index in [1.165, 1.54) is 6.07 Å². The molecule has 1 heterocycles. The Morgan fingerprint density at radius 1 is 1.16 bits per heavy atom. The molecule has 1 atom stereocenters. The van der Waals surface area contributed by atoms with Gasteiger partial charge in [-0.3, -0.25) is 0 Å². The lowest BCUT2D eigenvalue weighted by Gasteiger charge is -2.28. The summed E-state index contributed by atoms with van der Waals surface area (Å²) in [5.74, 6) is 1.30. The number of halogens is 1. The molecule has 1 fully saturated rings. The van der Waals surface area contributed by atoms with Crippen molar-refractivity contribution in [1.82, 2.24) is 10.2 Å². The smallest absolute Gasteiger partial charge is 0.169 e. The molecule has 0 amide bonds. The molecule has 2 aromatic carbocycles. The Labute approximate surface area is 195 Å². The van der Waals surface area contributed by atoms with E-state index in [9.17, 15) is 4.39 Å². The molecule has 7 heteroatoms. The number of nitrogens with zero attached hydrogens (tertiary/aromatic N) is 1. The Morgan fingerprint density at radius 3 is 2.66 bits per heavy atom. The number of benzene rings is 2. The van der Waals surface area contributed by atoms with Crippen LogP contribution >= 0.6 is 12.2 Å². The van der Waals surface area contributed by atoms with Crippen LogP contribution in [0.4, 0.5) is 4.39 Å². The largest absolute Gasteiger partial charge is 0.490 e. The summed E-state index contributed by atoms with van der Waals surface area (Å²) in [5, 5.41) is 3.95. The van der Waals surface area contributed by atoms with Crippen molar-refractivity contribution >= 4 is 17.3 Å². The van der Waals surface area contributed by atoms with Gasteiger partial charge in [0.1, 0.15) is 5.82 Å². The highest BCUT2D eigenvalue weighted by molar-refractivity contribution is 7.80. The zero-order valence-corrected chi connectivity index (χ0v) is 19.8. The zero-order chi connectivity index (χ0) is 22.8. The number of thiocarbonyl (C=S) groups is 1. The van der Waals surface area contributed by atoms with Crippen LogP contribution in [0.1, 0.15) is 37.8 Å². The number of ether oxygens (including phenoxy) is 3. The summed E-state index contributed by atoms with van der Waals surface area (Å²) in [6.07, 6.45) is 2.96. The van der Waals surface area contributed by atoms with Crippen LogP contribution in [0.25, 0.3) is 0 Å². The van der Waals surface area contributed by atoms with Crippen molar-refractivity contribution in [2.24, 2.45) is 0 Å². The molecule has 2 aromatic rings. The summed E-state index contributed by atoms with van der Waals surface area (Å²) in [5.41, 5.74) is 1.76. The molecule has 1 aliphatic rings. The average molecular weight is 461 g/mol. The summed E-state index contributed by atoms with van der Waals surface area (Å²) in [7, 11) is 0. The molecular weight excluding hydrogens is 427 g/mol. The lowest BCUT2D eigenvalue weighted by Crippen LogP contribution is -2.43. The monoisotopic (exact) mass is 460 g/mol. The first-order valence-corrected chi connectivity index (χ1v) is 11.8. The molecule has 0 aromatic heterocycles. The minimum absolute atomic E-state index is 0.126. The maximum atomic E-state index is 14.2. The normalized spacial score (nSPS) is 15.4. The van der Waals surface area contributed by atoms with E-state index < -0.39 is 0 Å². The van der Waals surface area contributed by atoms with Crippen LogP contribution in [-0.4, -0.2) is 49.0 Å². The Kier molecular flexibility index (Phi) is 9.56. The average Bonchev–Trinajstić information content (AvgIpc) is 3.30. The van der Waals surface area contributed by atoms with Crippen LogP contribution in [0.3, 0.4) is 0 Å². The van der Waals surface area contributed by atoms with E-state index in [1.54, 1.807) is 12.1 Å². The lowest BCUT2D eigenvalue weighted by molar-refractivity contribution is 0.0895. The fourth-order valence-electron chi connectivity index (χ4n) is 3.76. The van der Waals surface area contributed by atoms with Gasteiger partial charge in [0.05, 0.1) is 19.3 Å². The van der Waals surface area contributed by atoms with E-state index in [0.717, 1.165) is 42.9 Å². The highest BCUT2D eigenvalue weighted by atomic mass is 32.1. The van der Waals surface area contributed by atoms with Crippen molar-refractivity contribution in [3.05, 3.63) is 59.4 Å². The van der Waals surface area contributed by atoms with Crippen molar-refractivity contribution in [2.75, 3.05) is 32.9 Å². The number of hydrogen-bond donors (Lipinski definition) is 1. The Balaban J connectivity index is 1.60. The number of hydrogen-bond acceptors (Lipinski definition) is 4. The molecule has 0 unspecified atom stereocenters. The first-order chi connectivity index (χ1) is 15.6. The molecule has 32 heavy (non-hydrogen) atoms. The second kappa shape index (κ2) is 12.6. The predicted octanol–water partition coefficient (Wildman–Crippen LogP) is 4.72. The third kappa shape index (κ3) is 7.07. The van der Waals surface area contributed by atoms with Gasteiger partial charge in [-0.1, -0.05) is 24.3 Å². The van der Waals surface area contributed by atoms with E-state index in [2.05, 4.69) is 5.32 Å². The fraction of sp³-hybridized carbons (Fsp3) is 0.480. The topological polar surface area (TPSA) is 43.0 Å². The SMILES string of the molecule is CCOc1ccc(CCNC(=S)N(Cc2ccccc2F)C[C@H]2CCCO2)cc1OCC. The lowest BCUT2D eigenvalue weighted by atomic mass is 10.1. The van der Waals surface area contributed by atoms with Crippen LogP contribution in [0.15, 0.2) is 42.5 Å². The summed E-state index contributed by atoms with van der Waals surface area (Å²) in [4.78, 5) is 2.01. The van der Waals surface area contributed by atoms with Crippen LogP contribution in [-0.2, 0) is 17.7 Å². The van der Waals surface area contributed by atoms with E-state index in [1.807, 2.05) is 43.0 Å². The summed E-state index contributed by atoms with van der Waals surface area (Å²) < 4.78 is 31.4. The molecule has 0 bridgehead atoms. The molecule has 0 aliphatic carbocycles. The molecule has 5 nitrogen and oxygen atoms in total. The Bertz CT molecular complexity index is 874. The van der Waals surface area contributed by atoms with E-state index in [-0.39, 0.29) is 11.9 Å². The fourth-order valence-corrected chi connectivity index (χ4v) is 4.00. The van der Waals surface area contributed by atoms with Crippen molar-refractivity contribution in [2.45, 2.75) is 45.8 Å². The van der Waals surface area contributed by atoms with Crippen molar-refractivity contribution in [1.29, 1.82) is 0 Å². The van der Waals surface area contributed by atoms with E-state index in [0.29, 0.717) is 43.5 Å². The van der Waals surface area contributed by atoms with Gasteiger partial charge in [-0.05, 0) is 69.1 Å². The Morgan fingerprint density at radius 2 is 1.94 bits per heavy atom. The third-order valence-corrected chi connectivity index (χ3v) is 5.75. The van der Waals surface area contributed by atoms with Crippen LogP contribution in [0.5, 0.6) is 11.5 Å². The predicted molar refractivity (Wildman–Crippen MR) is 129 cm³/mol. The number of nitrogens with one attached hydrogen (secondary N) is 1. The quantitative estimate of drug-likeness (QED) is 0.490. The van der Waals surface area contributed by atoms with Gasteiger partial charge in [0.15, 0.2) is 16.6 Å². The summed E-state index contributed by atoms with van der Waals surface area (Å²) >= 11 is 5.68. The standard InChI is InChI=1S/C25H33FN2O3S/c1-3-29-23-12-11-19(16-24(23)30-4-2)13-14-27-25(32)28(18-21-9-7-15-31-21)17-20-8-5-6-10-22(20)26/h5-6,8,10-12,16,21H,3-4,7,9,13-15,17-18H2,1-2H3,(H,27,32)/t21-/m1/s1. The molecule has 1 saturated heterocycles. The van der Waals surface area contributed by atoms with Gasteiger partial charge in [-0.15, -0.1) is 0 Å². The molecule has 3 rings (SSSR count). The van der Waals surface area contributed by atoms with Gasteiger partial charge in [0, 0.05) is 31.8 Å². The summed E-state index contributed by atoms with van der Waals surface area (Å²) in [6, 6.07) is 12.8. The second-order valence-electron chi connectivity index (χ2n) is 7.74. The molecular formula is C25H33FN2O3S. The first kappa shape index (κ1) is 24.3. The number of rotatable bonds is 11. The van der Waals surface area contributed by atoms with Crippen LogP contribution in [0.2, 0.25) is 0 Å². The maximum Gasteiger partial charge on any atom is 0.169 e. The van der Waals surface area contributed by atoms with Crippen molar-refractivity contribution < 1.29 is 18.6 Å². The van der Waals surface area contributed by atoms with Gasteiger partial charge >= 0.3 is 0 Å². The van der Waals surface area contributed by atoms with Gasteiger partial charge < -0.3 is 24.4 Å². The molecule has 0 radical (unpaired) electrons. The minimum Gasteiger partial charge on any atom is -0.490 e. The second-order valence-corrected chi connectivity index (χ2v) is 8.12. The minimum atomic E-state index is -0.217. The molecule has 0 saturated carbocycles. The van der Waals surface area contributed by atoms with Gasteiger partial charge in [-0.25, -0.2) is 4.39 Å². The van der Waals surface area contributed by atoms with E-state index >= 15 is 0 Å². The highest BCUT2D eigenvalue weighted by Crippen LogP contribution is 2.28. The van der Waals surface area contributed by atoms with Gasteiger partial charge in [0.25, 0.3) is 0 Å². The molecule has 174 valence electrons. The zero-order valence-electron chi connectivity index (χ0n) is 18.9. The first-order valence-electron chi connectivity index (χ1n) is 11.4. The molecule has 1 N–H and O–H groups in total. The molecule has 1 aliphatic heterocycles.